The molecule has 0 saturated carbocycles. The zero-order valence-corrected chi connectivity index (χ0v) is 11.9. The van der Waals surface area contributed by atoms with Crippen molar-refractivity contribution in [3.63, 3.8) is 0 Å². The first-order valence-corrected chi connectivity index (χ1v) is 6.76. The van der Waals surface area contributed by atoms with Crippen LogP contribution in [0.4, 0.5) is 0 Å². The molecule has 0 fully saturated rings. The molecule has 0 saturated heterocycles. The van der Waals surface area contributed by atoms with Gasteiger partial charge >= 0.3 is 0 Å². The fourth-order valence-electron chi connectivity index (χ4n) is 2.02. The first-order chi connectivity index (χ1) is 9.69. The number of fused-ring (bicyclic) bond motifs is 1. The Morgan fingerprint density at radius 3 is 2.75 bits per heavy atom. The Labute approximate surface area is 122 Å². The fourth-order valence-corrected chi connectivity index (χ4v) is 2.53. The van der Waals surface area contributed by atoms with Gasteiger partial charge in [-0.2, -0.15) is 10.0 Å². The number of halogens is 1. The second kappa shape index (κ2) is 4.99. The van der Waals surface area contributed by atoms with Gasteiger partial charge in [0.25, 0.3) is 5.56 Å². The van der Waals surface area contributed by atoms with E-state index in [9.17, 15) is 4.79 Å². The lowest BCUT2D eigenvalue weighted by molar-refractivity contribution is 0.301. The lowest BCUT2D eigenvalue weighted by Gasteiger charge is -2.03. The number of nitriles is 1. The van der Waals surface area contributed by atoms with Crippen molar-refractivity contribution in [2.45, 2.75) is 6.54 Å². The molecule has 1 aromatic heterocycles. The third-order valence-corrected chi connectivity index (χ3v) is 3.79. The zero-order valence-electron chi connectivity index (χ0n) is 10.3. The molecule has 98 valence electrons. The first kappa shape index (κ1) is 12.7. The minimum atomic E-state index is -0.156. The Morgan fingerprint density at radius 2 is 2.05 bits per heavy atom. The molecule has 0 aliphatic carbocycles. The number of hydrogen-bond acceptors (Lipinski definition) is 3. The van der Waals surface area contributed by atoms with Crippen LogP contribution in [0, 0.1) is 11.3 Å². The molecular weight excluding hydrogens is 320 g/mol. The second-order valence-corrected chi connectivity index (χ2v) is 5.20. The van der Waals surface area contributed by atoms with Crippen molar-refractivity contribution >= 4 is 26.9 Å². The van der Waals surface area contributed by atoms with Crippen LogP contribution >= 0.6 is 15.9 Å². The first-order valence-electron chi connectivity index (χ1n) is 5.96. The molecule has 0 aliphatic rings. The van der Waals surface area contributed by atoms with E-state index in [1.165, 1.54) is 4.74 Å². The fraction of sp³-hybridized carbons (Fsp3) is 0.0667. The number of nitrogens with zero attached hydrogens (tertiary/aromatic N) is 2. The van der Waals surface area contributed by atoms with E-state index in [4.69, 9.17) is 9.78 Å². The van der Waals surface area contributed by atoms with Gasteiger partial charge in [0.05, 0.1) is 23.6 Å². The van der Waals surface area contributed by atoms with Gasteiger partial charge in [0.1, 0.15) is 0 Å². The molecule has 0 unspecified atom stereocenters. The smallest absolute Gasteiger partial charge is 0.290 e. The molecule has 0 spiro atoms. The van der Waals surface area contributed by atoms with Crippen LogP contribution in [-0.4, -0.2) is 4.74 Å². The molecule has 0 aliphatic heterocycles. The van der Waals surface area contributed by atoms with Crippen molar-refractivity contribution in [2.24, 2.45) is 0 Å². The van der Waals surface area contributed by atoms with Gasteiger partial charge in [-0.15, -0.1) is 0 Å². The summed E-state index contributed by atoms with van der Waals surface area (Å²) in [5, 5.41) is 9.40. The molecule has 3 rings (SSSR count). The third kappa shape index (κ3) is 2.15. The molecule has 0 N–H and O–H groups in total. The molecule has 3 aromatic rings. The maximum Gasteiger partial charge on any atom is 0.290 e. The van der Waals surface area contributed by atoms with Gasteiger partial charge in [-0.3, -0.25) is 4.79 Å². The predicted molar refractivity (Wildman–Crippen MR) is 78.4 cm³/mol. The van der Waals surface area contributed by atoms with E-state index in [2.05, 4.69) is 22.0 Å². The summed E-state index contributed by atoms with van der Waals surface area (Å²) in [7, 11) is 0. The molecule has 0 radical (unpaired) electrons. The molecule has 2 aromatic carbocycles. The van der Waals surface area contributed by atoms with Crippen molar-refractivity contribution in [1.82, 2.24) is 4.74 Å². The van der Waals surface area contributed by atoms with Crippen LogP contribution < -0.4 is 5.56 Å². The van der Waals surface area contributed by atoms with Crippen LogP contribution in [-0.2, 0) is 6.54 Å². The van der Waals surface area contributed by atoms with Gasteiger partial charge in [-0.05, 0) is 29.8 Å². The topological polar surface area (TPSA) is 58.9 Å². The van der Waals surface area contributed by atoms with Crippen LogP contribution in [0.25, 0.3) is 11.0 Å². The lowest BCUT2D eigenvalue weighted by Crippen LogP contribution is -2.15. The van der Waals surface area contributed by atoms with E-state index in [1.54, 1.807) is 30.3 Å². The monoisotopic (exact) mass is 328 g/mol. The second-order valence-electron chi connectivity index (χ2n) is 4.35. The number of benzene rings is 2. The number of aromatic nitrogens is 1. The maximum atomic E-state index is 12.2. The highest BCUT2D eigenvalue weighted by Crippen LogP contribution is 2.20. The summed E-state index contributed by atoms with van der Waals surface area (Å²) < 4.78 is 7.63. The predicted octanol–water partition coefficient (Wildman–Crippen LogP) is 3.28. The Hall–Kier alpha value is -2.32. The molecule has 0 amide bonds. The summed E-state index contributed by atoms with van der Waals surface area (Å²) in [6.45, 7) is 0.319. The molecule has 0 atom stereocenters. The van der Waals surface area contributed by atoms with E-state index in [1.807, 2.05) is 12.1 Å². The molecule has 0 bridgehead atoms. The summed E-state index contributed by atoms with van der Waals surface area (Å²) in [5.41, 5.74) is 1.86. The van der Waals surface area contributed by atoms with E-state index in [0.29, 0.717) is 23.1 Å². The molecule has 20 heavy (non-hydrogen) atoms. The lowest BCUT2D eigenvalue weighted by atomic mass is 10.1. The van der Waals surface area contributed by atoms with Crippen molar-refractivity contribution in [2.75, 3.05) is 0 Å². The van der Waals surface area contributed by atoms with E-state index < -0.39 is 0 Å². The Bertz CT molecular complexity index is 887. The van der Waals surface area contributed by atoms with E-state index >= 15 is 0 Å². The van der Waals surface area contributed by atoms with Crippen LogP contribution in [0.1, 0.15) is 11.1 Å². The minimum Gasteiger partial charge on any atom is -0.375 e. The van der Waals surface area contributed by atoms with Crippen LogP contribution in [0.15, 0.2) is 56.3 Å². The van der Waals surface area contributed by atoms with E-state index in [0.717, 1.165) is 10.0 Å². The Balaban J connectivity index is 2.04. The molecule has 5 heteroatoms. The normalized spacial score (nSPS) is 10.6. The zero-order chi connectivity index (χ0) is 14.1. The van der Waals surface area contributed by atoms with Gasteiger partial charge in [0.15, 0.2) is 5.58 Å². The molecular formula is C15H9BrN2O2. The summed E-state index contributed by atoms with van der Waals surface area (Å²) in [5.74, 6) is 0. The Morgan fingerprint density at radius 1 is 1.25 bits per heavy atom. The number of hydrogen-bond donors (Lipinski definition) is 0. The third-order valence-electron chi connectivity index (χ3n) is 3.05. The SMILES string of the molecule is N#Cc1ccc(Cn2oc3ccccc3c2=O)c(Br)c1. The highest BCUT2D eigenvalue weighted by atomic mass is 79.9. The van der Waals surface area contributed by atoms with Gasteiger partial charge in [0.2, 0.25) is 0 Å². The average molecular weight is 329 g/mol. The summed E-state index contributed by atoms with van der Waals surface area (Å²) >= 11 is 3.41. The van der Waals surface area contributed by atoms with Crippen LogP contribution in [0.2, 0.25) is 0 Å². The van der Waals surface area contributed by atoms with Crippen LogP contribution in [0.5, 0.6) is 0 Å². The summed E-state index contributed by atoms with van der Waals surface area (Å²) in [4.78, 5) is 12.2. The van der Waals surface area contributed by atoms with Crippen molar-refractivity contribution in [1.29, 1.82) is 5.26 Å². The van der Waals surface area contributed by atoms with E-state index in [-0.39, 0.29) is 5.56 Å². The summed E-state index contributed by atoms with van der Waals surface area (Å²) in [6, 6.07) is 14.5. The number of para-hydroxylation sites is 1. The largest absolute Gasteiger partial charge is 0.375 e. The van der Waals surface area contributed by atoms with Gasteiger partial charge in [-0.25, -0.2) is 0 Å². The minimum absolute atomic E-state index is 0.156. The highest BCUT2D eigenvalue weighted by molar-refractivity contribution is 9.10. The van der Waals surface area contributed by atoms with Crippen molar-refractivity contribution in [3.05, 3.63) is 68.4 Å². The molecule has 1 heterocycles. The average Bonchev–Trinajstić information content (AvgIpc) is 2.78. The standard InChI is InChI=1S/C15H9BrN2O2/c16-13-7-10(8-17)5-6-11(13)9-18-15(19)12-3-1-2-4-14(12)20-18/h1-7H,9H2. The van der Waals surface area contributed by atoms with Gasteiger partial charge in [0, 0.05) is 4.47 Å². The van der Waals surface area contributed by atoms with Gasteiger partial charge in [-0.1, -0.05) is 34.1 Å². The van der Waals surface area contributed by atoms with Gasteiger partial charge < -0.3 is 4.52 Å². The van der Waals surface area contributed by atoms with Crippen LogP contribution in [0.3, 0.4) is 0 Å². The quantitative estimate of drug-likeness (QED) is 0.725. The maximum absolute atomic E-state index is 12.2. The van der Waals surface area contributed by atoms with Crippen molar-refractivity contribution in [3.8, 4) is 6.07 Å². The molecule has 4 nitrogen and oxygen atoms in total. The van der Waals surface area contributed by atoms with Crippen molar-refractivity contribution < 1.29 is 4.52 Å². The Kier molecular flexibility index (Phi) is 3.17. The summed E-state index contributed by atoms with van der Waals surface area (Å²) in [6.07, 6.45) is 0. The highest BCUT2D eigenvalue weighted by Gasteiger charge is 2.10. The number of rotatable bonds is 2.